The fourth-order valence-corrected chi connectivity index (χ4v) is 2.10. The number of alkyl carbamates (subject to hydrolysis) is 1. The molecule has 0 aromatic carbocycles. The summed E-state index contributed by atoms with van der Waals surface area (Å²) in [5.74, 6) is 0. The first-order valence-corrected chi connectivity index (χ1v) is 7.65. The maximum absolute atomic E-state index is 12.1. The molecule has 1 unspecified atom stereocenters. The smallest absolute Gasteiger partial charge is 0.411 e. The zero-order valence-electron chi connectivity index (χ0n) is 14.3. The summed E-state index contributed by atoms with van der Waals surface area (Å²) >= 11 is 0. The molecule has 0 saturated carbocycles. The SMILES string of the molecule is CCCC(CO)(CCOCC(F)(F)F)CNC(=O)OC(C)(C)C. The van der Waals surface area contributed by atoms with Gasteiger partial charge in [-0.25, -0.2) is 4.79 Å². The predicted octanol–water partition coefficient (Wildman–Crippen LogP) is 3.26. The topological polar surface area (TPSA) is 67.8 Å². The van der Waals surface area contributed by atoms with Crippen LogP contribution in [0, 0.1) is 5.41 Å². The molecule has 1 atom stereocenters. The number of nitrogens with one attached hydrogen (secondary N) is 1. The fraction of sp³-hybridized carbons (Fsp3) is 0.933. The summed E-state index contributed by atoms with van der Waals surface area (Å²) in [6.07, 6.45) is -3.52. The second-order valence-electron chi connectivity index (χ2n) is 6.68. The van der Waals surface area contributed by atoms with Crippen LogP contribution in [0.5, 0.6) is 0 Å². The van der Waals surface area contributed by atoms with Gasteiger partial charge in [0, 0.05) is 18.6 Å². The van der Waals surface area contributed by atoms with Crippen molar-refractivity contribution in [2.75, 3.05) is 26.4 Å². The molecule has 0 aromatic heterocycles. The number of carbonyl (C=O) groups is 1. The summed E-state index contributed by atoms with van der Waals surface area (Å²) in [5.41, 5.74) is -1.37. The number of aliphatic hydroxyl groups is 1. The molecule has 0 spiro atoms. The van der Waals surface area contributed by atoms with Gasteiger partial charge in [0.05, 0.1) is 6.61 Å². The lowest BCUT2D eigenvalue weighted by atomic mass is 9.81. The summed E-state index contributed by atoms with van der Waals surface area (Å²) in [6, 6.07) is 0. The van der Waals surface area contributed by atoms with E-state index < -0.39 is 29.9 Å². The van der Waals surface area contributed by atoms with Crippen molar-refractivity contribution < 1.29 is 32.5 Å². The largest absolute Gasteiger partial charge is 0.444 e. The van der Waals surface area contributed by atoms with Gasteiger partial charge in [0.15, 0.2) is 0 Å². The van der Waals surface area contributed by atoms with Crippen molar-refractivity contribution in [2.45, 2.75) is 58.7 Å². The maximum atomic E-state index is 12.1. The normalized spacial score (nSPS) is 15.1. The van der Waals surface area contributed by atoms with E-state index >= 15 is 0 Å². The molecule has 0 bridgehead atoms. The van der Waals surface area contributed by atoms with Gasteiger partial charge in [0.25, 0.3) is 0 Å². The molecular weight excluding hydrogens is 315 g/mol. The molecule has 0 rings (SSSR count). The number of hydrogen-bond donors (Lipinski definition) is 2. The lowest BCUT2D eigenvalue weighted by Crippen LogP contribution is -2.43. The molecule has 1 amide bonds. The number of amides is 1. The van der Waals surface area contributed by atoms with Gasteiger partial charge in [-0.3, -0.25) is 0 Å². The Morgan fingerprint density at radius 1 is 1.17 bits per heavy atom. The zero-order valence-corrected chi connectivity index (χ0v) is 14.3. The van der Waals surface area contributed by atoms with Gasteiger partial charge in [-0.05, 0) is 33.6 Å². The van der Waals surface area contributed by atoms with Crippen LogP contribution >= 0.6 is 0 Å². The molecular formula is C15H28F3NO4. The van der Waals surface area contributed by atoms with Crippen LogP contribution in [0.3, 0.4) is 0 Å². The van der Waals surface area contributed by atoms with E-state index in [0.29, 0.717) is 6.42 Å². The molecule has 8 heteroatoms. The lowest BCUT2D eigenvalue weighted by molar-refractivity contribution is -0.175. The Balaban J connectivity index is 4.50. The minimum absolute atomic E-state index is 0.113. The third-order valence-corrected chi connectivity index (χ3v) is 3.16. The van der Waals surface area contributed by atoms with Crippen molar-refractivity contribution in [1.29, 1.82) is 0 Å². The first-order chi connectivity index (χ1) is 10.4. The Bertz CT molecular complexity index is 356. The maximum Gasteiger partial charge on any atom is 0.411 e. The Hall–Kier alpha value is -1.02. The summed E-state index contributed by atoms with van der Waals surface area (Å²) in [5, 5.41) is 12.2. The second-order valence-corrected chi connectivity index (χ2v) is 6.68. The number of rotatable bonds is 9. The third-order valence-electron chi connectivity index (χ3n) is 3.16. The van der Waals surface area contributed by atoms with Crippen molar-refractivity contribution >= 4 is 6.09 Å². The molecule has 0 radical (unpaired) electrons. The summed E-state index contributed by atoms with van der Waals surface area (Å²) in [6.45, 7) is 5.47. The van der Waals surface area contributed by atoms with E-state index in [-0.39, 0.29) is 26.2 Å². The molecule has 0 aliphatic carbocycles. The highest BCUT2D eigenvalue weighted by molar-refractivity contribution is 5.67. The first-order valence-electron chi connectivity index (χ1n) is 7.65. The number of aliphatic hydroxyl groups excluding tert-OH is 1. The molecule has 0 aliphatic heterocycles. The molecule has 2 N–H and O–H groups in total. The minimum atomic E-state index is -4.37. The van der Waals surface area contributed by atoms with E-state index in [9.17, 15) is 23.1 Å². The van der Waals surface area contributed by atoms with Gasteiger partial charge >= 0.3 is 12.3 Å². The van der Waals surface area contributed by atoms with Crippen molar-refractivity contribution in [3.05, 3.63) is 0 Å². The average Bonchev–Trinajstić information content (AvgIpc) is 2.38. The first kappa shape index (κ1) is 22.0. The standard InChI is InChI=1S/C15H28F3NO4/c1-5-6-14(10-20,7-8-22-11-15(16,17)18)9-19-12(21)23-13(2,3)4/h20H,5-11H2,1-4H3,(H,19,21). The highest BCUT2D eigenvalue weighted by Crippen LogP contribution is 2.28. The van der Waals surface area contributed by atoms with Crippen LogP contribution in [0.25, 0.3) is 0 Å². The molecule has 0 heterocycles. The van der Waals surface area contributed by atoms with Gasteiger partial charge in [0.1, 0.15) is 12.2 Å². The van der Waals surface area contributed by atoms with E-state index in [1.54, 1.807) is 20.8 Å². The van der Waals surface area contributed by atoms with Crippen LogP contribution in [-0.2, 0) is 9.47 Å². The number of carbonyl (C=O) groups excluding carboxylic acids is 1. The Labute approximate surface area is 135 Å². The van der Waals surface area contributed by atoms with Crippen LogP contribution in [0.15, 0.2) is 0 Å². The van der Waals surface area contributed by atoms with Crippen LogP contribution in [0.4, 0.5) is 18.0 Å². The van der Waals surface area contributed by atoms with Crippen molar-refractivity contribution in [1.82, 2.24) is 5.32 Å². The molecule has 5 nitrogen and oxygen atoms in total. The highest BCUT2D eigenvalue weighted by atomic mass is 19.4. The molecule has 138 valence electrons. The van der Waals surface area contributed by atoms with Crippen LogP contribution in [0.2, 0.25) is 0 Å². The van der Waals surface area contributed by atoms with E-state index in [1.807, 2.05) is 6.92 Å². The Morgan fingerprint density at radius 2 is 1.78 bits per heavy atom. The summed E-state index contributed by atoms with van der Waals surface area (Å²) < 4.78 is 45.9. The lowest BCUT2D eigenvalue weighted by Gasteiger charge is -2.32. The summed E-state index contributed by atoms with van der Waals surface area (Å²) in [7, 11) is 0. The number of alkyl halides is 3. The zero-order chi connectivity index (χ0) is 18.1. The van der Waals surface area contributed by atoms with Crippen molar-refractivity contribution in [3.63, 3.8) is 0 Å². The van der Waals surface area contributed by atoms with Crippen LogP contribution < -0.4 is 5.32 Å². The minimum Gasteiger partial charge on any atom is -0.444 e. The molecule has 23 heavy (non-hydrogen) atoms. The molecule has 0 aromatic rings. The quantitative estimate of drug-likeness (QED) is 0.631. The number of halogens is 3. The van der Waals surface area contributed by atoms with Gasteiger partial charge in [-0.1, -0.05) is 13.3 Å². The van der Waals surface area contributed by atoms with E-state index in [4.69, 9.17) is 4.74 Å². The number of ether oxygens (including phenoxy) is 2. The van der Waals surface area contributed by atoms with Gasteiger partial charge < -0.3 is 19.9 Å². The monoisotopic (exact) mass is 343 g/mol. The van der Waals surface area contributed by atoms with Crippen LogP contribution in [-0.4, -0.2) is 49.3 Å². The predicted molar refractivity (Wildman–Crippen MR) is 80.2 cm³/mol. The van der Waals surface area contributed by atoms with E-state index in [2.05, 4.69) is 10.1 Å². The highest BCUT2D eigenvalue weighted by Gasteiger charge is 2.32. The van der Waals surface area contributed by atoms with Crippen molar-refractivity contribution in [3.8, 4) is 0 Å². The molecule has 0 aliphatic rings. The summed E-state index contributed by atoms with van der Waals surface area (Å²) in [4.78, 5) is 11.7. The number of hydrogen-bond acceptors (Lipinski definition) is 4. The van der Waals surface area contributed by atoms with Crippen LogP contribution in [0.1, 0.15) is 47.0 Å². The van der Waals surface area contributed by atoms with Gasteiger partial charge in [0.2, 0.25) is 0 Å². The van der Waals surface area contributed by atoms with Gasteiger partial charge in [-0.2, -0.15) is 13.2 Å². The molecule has 0 saturated heterocycles. The Morgan fingerprint density at radius 3 is 2.22 bits per heavy atom. The molecule has 0 fully saturated rings. The Kier molecular flexibility index (Phi) is 8.90. The van der Waals surface area contributed by atoms with Gasteiger partial charge in [-0.15, -0.1) is 0 Å². The third kappa shape index (κ3) is 11.2. The second kappa shape index (κ2) is 9.32. The van der Waals surface area contributed by atoms with E-state index in [1.165, 1.54) is 0 Å². The van der Waals surface area contributed by atoms with Crippen molar-refractivity contribution in [2.24, 2.45) is 5.41 Å². The average molecular weight is 343 g/mol. The van der Waals surface area contributed by atoms with E-state index in [0.717, 1.165) is 6.42 Å². The fourth-order valence-electron chi connectivity index (χ4n) is 2.10.